The molecule has 2 atom stereocenters. The minimum Gasteiger partial charge on any atom is -0.357 e. The first kappa shape index (κ1) is 15.9. The Bertz CT molecular complexity index is 641. The molecule has 4 bridgehead atoms. The lowest BCUT2D eigenvalue weighted by atomic mass is 9.43. The monoisotopic (exact) mass is 392 g/mol. The number of nitrogens with one attached hydrogen (secondary N) is 2. The molecule has 0 heterocycles. The van der Waals surface area contributed by atoms with Crippen LogP contribution in [-0.2, 0) is 0 Å². The van der Waals surface area contributed by atoms with Gasteiger partial charge in [0.2, 0.25) is 0 Å². The first-order valence-corrected chi connectivity index (χ1v) is 9.82. The van der Waals surface area contributed by atoms with Crippen molar-refractivity contribution in [3.8, 4) is 0 Å². The Hall–Kier alpha value is -0.610. The molecular formula is C19H25BrN2S. The van der Waals surface area contributed by atoms with Crippen LogP contribution in [-0.4, -0.2) is 10.7 Å². The van der Waals surface area contributed by atoms with Crippen LogP contribution in [0.1, 0.15) is 52.4 Å². The van der Waals surface area contributed by atoms with Gasteiger partial charge in [-0.2, -0.15) is 0 Å². The first-order valence-electron chi connectivity index (χ1n) is 8.62. The van der Waals surface area contributed by atoms with Crippen molar-refractivity contribution in [2.45, 2.75) is 57.9 Å². The number of rotatable bonds is 2. The van der Waals surface area contributed by atoms with E-state index in [-0.39, 0.29) is 5.54 Å². The maximum Gasteiger partial charge on any atom is 0.171 e. The highest BCUT2D eigenvalue weighted by Gasteiger charge is 2.60. The number of hydrogen-bond acceptors (Lipinski definition) is 1. The SMILES string of the molecule is CC12CC3CC(C)(C1)CC(NC(=S)Nc1cccc(Br)c1)(C3)C2. The fourth-order valence-corrected chi connectivity index (χ4v) is 7.29. The third-order valence-electron chi connectivity index (χ3n) is 6.09. The molecule has 0 spiro atoms. The standard InChI is InChI=1S/C19H25BrN2S/c1-17-7-13-8-18(2,10-17)12-19(9-13,11-17)22-16(23)21-15-5-3-4-14(20)6-15/h3-6,13H,7-12H2,1-2H3,(H2,21,22,23). The summed E-state index contributed by atoms with van der Waals surface area (Å²) >= 11 is 9.17. The third-order valence-corrected chi connectivity index (χ3v) is 6.78. The molecule has 0 amide bonds. The van der Waals surface area contributed by atoms with Gasteiger partial charge in [-0.15, -0.1) is 0 Å². The van der Waals surface area contributed by atoms with Gasteiger partial charge in [-0.3, -0.25) is 0 Å². The highest BCUT2D eigenvalue weighted by molar-refractivity contribution is 9.10. The molecule has 0 radical (unpaired) electrons. The Labute approximate surface area is 152 Å². The minimum atomic E-state index is 0.207. The molecule has 4 aliphatic carbocycles. The lowest BCUT2D eigenvalue weighted by Crippen LogP contribution is -2.65. The molecule has 2 nitrogen and oxygen atoms in total. The van der Waals surface area contributed by atoms with E-state index in [1.807, 2.05) is 12.1 Å². The van der Waals surface area contributed by atoms with E-state index in [4.69, 9.17) is 12.2 Å². The summed E-state index contributed by atoms with van der Waals surface area (Å²) in [7, 11) is 0. The zero-order valence-corrected chi connectivity index (χ0v) is 16.3. The summed E-state index contributed by atoms with van der Waals surface area (Å²) in [6, 6.07) is 8.18. The van der Waals surface area contributed by atoms with Gasteiger partial charge in [0.05, 0.1) is 0 Å². The minimum absolute atomic E-state index is 0.207. The van der Waals surface area contributed by atoms with Crippen LogP contribution in [0.2, 0.25) is 0 Å². The largest absolute Gasteiger partial charge is 0.357 e. The Kier molecular flexibility index (Phi) is 3.59. The summed E-state index contributed by atoms with van der Waals surface area (Å²) in [5.74, 6) is 0.877. The zero-order chi connectivity index (χ0) is 16.3. The maximum atomic E-state index is 5.65. The topological polar surface area (TPSA) is 24.1 Å². The fraction of sp³-hybridized carbons (Fsp3) is 0.632. The summed E-state index contributed by atoms with van der Waals surface area (Å²) in [4.78, 5) is 0. The number of halogens is 1. The highest BCUT2D eigenvalue weighted by Crippen LogP contribution is 2.66. The Morgan fingerprint density at radius 3 is 2.43 bits per heavy atom. The molecule has 1 aromatic rings. The summed E-state index contributed by atoms with van der Waals surface area (Å²) in [6.07, 6.45) is 8.05. The second-order valence-electron chi connectivity index (χ2n) is 9.00. The van der Waals surface area contributed by atoms with Gasteiger partial charge < -0.3 is 10.6 Å². The molecule has 124 valence electrons. The van der Waals surface area contributed by atoms with Crippen molar-refractivity contribution in [1.29, 1.82) is 0 Å². The van der Waals surface area contributed by atoms with Crippen molar-refractivity contribution < 1.29 is 0 Å². The molecule has 5 rings (SSSR count). The maximum absolute atomic E-state index is 5.65. The van der Waals surface area contributed by atoms with Gasteiger partial charge in [0.1, 0.15) is 0 Å². The van der Waals surface area contributed by atoms with Crippen LogP contribution in [0.4, 0.5) is 5.69 Å². The number of thiocarbonyl (C=S) groups is 1. The van der Waals surface area contributed by atoms with E-state index in [0.29, 0.717) is 10.8 Å². The molecule has 0 aliphatic heterocycles. The van der Waals surface area contributed by atoms with Crippen LogP contribution in [0.25, 0.3) is 0 Å². The summed E-state index contributed by atoms with van der Waals surface area (Å²) < 4.78 is 1.07. The van der Waals surface area contributed by atoms with E-state index >= 15 is 0 Å². The summed E-state index contributed by atoms with van der Waals surface area (Å²) in [6.45, 7) is 4.99. The van der Waals surface area contributed by atoms with Crippen molar-refractivity contribution in [3.63, 3.8) is 0 Å². The molecule has 2 N–H and O–H groups in total. The fourth-order valence-electron chi connectivity index (χ4n) is 6.56. The van der Waals surface area contributed by atoms with Crippen molar-refractivity contribution >= 4 is 38.9 Å². The van der Waals surface area contributed by atoms with E-state index in [2.05, 4.69) is 52.5 Å². The molecule has 0 saturated heterocycles. The molecule has 4 heteroatoms. The lowest BCUT2D eigenvalue weighted by Gasteiger charge is -2.65. The van der Waals surface area contributed by atoms with Crippen LogP contribution >= 0.6 is 28.1 Å². The second-order valence-corrected chi connectivity index (χ2v) is 10.3. The number of hydrogen-bond donors (Lipinski definition) is 2. The molecule has 4 aliphatic rings. The van der Waals surface area contributed by atoms with Crippen LogP contribution < -0.4 is 10.6 Å². The van der Waals surface area contributed by atoms with Crippen molar-refractivity contribution in [1.82, 2.24) is 5.32 Å². The number of benzene rings is 1. The molecule has 2 unspecified atom stereocenters. The average molecular weight is 393 g/mol. The van der Waals surface area contributed by atoms with Gasteiger partial charge in [0, 0.05) is 15.7 Å². The predicted molar refractivity (Wildman–Crippen MR) is 104 cm³/mol. The smallest absolute Gasteiger partial charge is 0.171 e. The van der Waals surface area contributed by atoms with Crippen LogP contribution in [0.3, 0.4) is 0 Å². The second kappa shape index (κ2) is 5.19. The molecule has 1 aromatic carbocycles. The van der Waals surface area contributed by atoms with E-state index < -0.39 is 0 Å². The van der Waals surface area contributed by atoms with Gasteiger partial charge in [-0.25, -0.2) is 0 Å². The van der Waals surface area contributed by atoms with Gasteiger partial charge in [0.15, 0.2) is 5.11 Å². The lowest BCUT2D eigenvalue weighted by molar-refractivity contribution is -0.111. The summed E-state index contributed by atoms with van der Waals surface area (Å²) in [5.41, 5.74) is 2.26. The normalized spacial score (nSPS) is 40.9. The summed E-state index contributed by atoms with van der Waals surface area (Å²) in [5, 5.41) is 7.90. The highest BCUT2D eigenvalue weighted by atomic mass is 79.9. The van der Waals surface area contributed by atoms with Gasteiger partial charge in [-0.05, 0) is 85.7 Å². The molecule has 23 heavy (non-hydrogen) atoms. The van der Waals surface area contributed by atoms with Crippen LogP contribution in [0.5, 0.6) is 0 Å². The average Bonchev–Trinajstić information content (AvgIpc) is 2.32. The van der Waals surface area contributed by atoms with Crippen LogP contribution in [0, 0.1) is 16.7 Å². The molecular weight excluding hydrogens is 368 g/mol. The van der Waals surface area contributed by atoms with Gasteiger partial charge >= 0.3 is 0 Å². The number of anilines is 1. The molecule has 4 fully saturated rings. The third kappa shape index (κ3) is 3.05. The molecule has 0 aromatic heterocycles. The quantitative estimate of drug-likeness (QED) is 0.651. The Morgan fingerprint density at radius 1 is 1.13 bits per heavy atom. The van der Waals surface area contributed by atoms with Crippen LogP contribution in [0.15, 0.2) is 28.7 Å². The van der Waals surface area contributed by atoms with Crippen molar-refractivity contribution in [2.75, 3.05) is 5.32 Å². The van der Waals surface area contributed by atoms with Gasteiger partial charge in [-0.1, -0.05) is 35.8 Å². The Morgan fingerprint density at radius 2 is 1.83 bits per heavy atom. The predicted octanol–water partition coefficient (Wildman–Crippen LogP) is 5.48. The van der Waals surface area contributed by atoms with E-state index in [1.54, 1.807) is 0 Å². The Balaban J connectivity index is 1.51. The van der Waals surface area contributed by atoms with Gasteiger partial charge in [0.25, 0.3) is 0 Å². The zero-order valence-electron chi connectivity index (χ0n) is 13.9. The van der Waals surface area contributed by atoms with Crippen molar-refractivity contribution in [2.24, 2.45) is 16.7 Å². The first-order chi connectivity index (χ1) is 10.8. The van der Waals surface area contributed by atoms with E-state index in [0.717, 1.165) is 21.2 Å². The van der Waals surface area contributed by atoms with E-state index in [9.17, 15) is 0 Å². The van der Waals surface area contributed by atoms with Crippen molar-refractivity contribution in [3.05, 3.63) is 28.7 Å². The van der Waals surface area contributed by atoms with E-state index in [1.165, 1.54) is 38.5 Å². The molecule has 4 saturated carbocycles.